The van der Waals surface area contributed by atoms with Crippen LogP contribution in [-0.2, 0) is 4.74 Å². The monoisotopic (exact) mass is 131 g/mol. The largest absolute Gasteiger partial charge is 0.389 e. The molecule has 3 nitrogen and oxygen atoms in total. The normalized spacial score (nSPS) is 36.0. The molecule has 0 amide bonds. The van der Waals surface area contributed by atoms with Crippen LogP contribution in [0.2, 0.25) is 0 Å². The predicted molar refractivity (Wildman–Crippen MR) is 34.3 cm³/mol. The fraction of sp³-hybridized carbons (Fsp3) is 1.00. The van der Waals surface area contributed by atoms with Crippen molar-refractivity contribution in [3.8, 4) is 0 Å². The van der Waals surface area contributed by atoms with Gasteiger partial charge < -0.3 is 14.7 Å². The van der Waals surface area contributed by atoms with Gasteiger partial charge in [-0.05, 0) is 14.1 Å². The van der Waals surface area contributed by atoms with Crippen molar-refractivity contribution in [1.82, 2.24) is 4.90 Å². The van der Waals surface area contributed by atoms with Crippen molar-refractivity contribution >= 4 is 0 Å². The predicted octanol–water partition coefficient (Wildman–Crippen LogP) is -0.692. The van der Waals surface area contributed by atoms with Crippen molar-refractivity contribution in [2.24, 2.45) is 0 Å². The van der Waals surface area contributed by atoms with Crippen molar-refractivity contribution < 1.29 is 9.84 Å². The van der Waals surface area contributed by atoms with Gasteiger partial charge in [0.15, 0.2) is 0 Å². The Bertz CT molecular complexity index is 95.1. The Balaban J connectivity index is 2.40. The molecule has 0 saturated carbocycles. The van der Waals surface area contributed by atoms with Gasteiger partial charge in [-0.2, -0.15) is 0 Å². The van der Waals surface area contributed by atoms with E-state index in [1.54, 1.807) is 0 Å². The van der Waals surface area contributed by atoms with Gasteiger partial charge >= 0.3 is 0 Å². The van der Waals surface area contributed by atoms with Gasteiger partial charge in [0, 0.05) is 0 Å². The summed E-state index contributed by atoms with van der Waals surface area (Å²) in [5.74, 6) is 0. The Labute approximate surface area is 55.2 Å². The summed E-state index contributed by atoms with van der Waals surface area (Å²) in [5, 5.41) is 9.19. The molecule has 0 unspecified atom stereocenters. The average Bonchev–Trinajstić information content (AvgIpc) is 2.13. The van der Waals surface area contributed by atoms with Crippen LogP contribution in [0.4, 0.5) is 0 Å². The van der Waals surface area contributed by atoms with Gasteiger partial charge in [-0.3, -0.25) is 0 Å². The Morgan fingerprint density at radius 2 is 2.11 bits per heavy atom. The van der Waals surface area contributed by atoms with Crippen LogP contribution < -0.4 is 0 Å². The van der Waals surface area contributed by atoms with Crippen LogP contribution in [-0.4, -0.2) is 49.5 Å². The maximum Gasteiger partial charge on any atom is 0.0950 e. The lowest BCUT2D eigenvalue weighted by molar-refractivity contribution is 0.105. The lowest BCUT2D eigenvalue weighted by Crippen LogP contribution is -2.37. The topological polar surface area (TPSA) is 32.7 Å². The lowest BCUT2D eigenvalue weighted by Gasteiger charge is -2.19. The molecular formula is C6H13NO2. The fourth-order valence-electron chi connectivity index (χ4n) is 1.02. The molecule has 0 aromatic heterocycles. The highest BCUT2D eigenvalue weighted by molar-refractivity contribution is 4.79. The van der Waals surface area contributed by atoms with Crippen LogP contribution in [0.3, 0.4) is 0 Å². The minimum absolute atomic E-state index is 0.199. The summed E-state index contributed by atoms with van der Waals surface area (Å²) in [6, 6.07) is 0.199. The van der Waals surface area contributed by atoms with Crippen LogP contribution in [0.25, 0.3) is 0 Å². The molecule has 1 N–H and O–H groups in total. The number of hydrogen-bond donors (Lipinski definition) is 1. The summed E-state index contributed by atoms with van der Waals surface area (Å²) in [7, 11) is 3.89. The smallest absolute Gasteiger partial charge is 0.0950 e. The summed E-state index contributed by atoms with van der Waals surface area (Å²) in [5.41, 5.74) is 0. The van der Waals surface area contributed by atoms with Crippen molar-refractivity contribution in [3.63, 3.8) is 0 Å². The third-order valence-corrected chi connectivity index (χ3v) is 1.68. The van der Waals surface area contributed by atoms with Gasteiger partial charge in [0.25, 0.3) is 0 Å². The average molecular weight is 131 g/mol. The summed E-state index contributed by atoms with van der Waals surface area (Å²) >= 11 is 0. The number of hydrogen-bond acceptors (Lipinski definition) is 3. The molecule has 0 aromatic carbocycles. The molecule has 0 bridgehead atoms. The highest BCUT2D eigenvalue weighted by atomic mass is 16.5. The lowest BCUT2D eigenvalue weighted by atomic mass is 10.2. The first kappa shape index (κ1) is 6.99. The molecule has 1 heterocycles. The molecule has 1 rings (SSSR count). The molecule has 0 aromatic rings. The minimum atomic E-state index is -0.292. The van der Waals surface area contributed by atoms with Crippen molar-refractivity contribution in [2.75, 3.05) is 27.3 Å². The zero-order valence-corrected chi connectivity index (χ0v) is 5.87. The minimum Gasteiger partial charge on any atom is -0.389 e. The number of nitrogens with zero attached hydrogens (tertiary/aromatic N) is 1. The second kappa shape index (κ2) is 2.64. The third-order valence-electron chi connectivity index (χ3n) is 1.68. The van der Waals surface area contributed by atoms with Gasteiger partial charge in [0.2, 0.25) is 0 Å². The Hall–Kier alpha value is -0.120. The van der Waals surface area contributed by atoms with Gasteiger partial charge in [-0.15, -0.1) is 0 Å². The number of aliphatic hydroxyl groups excluding tert-OH is 1. The van der Waals surface area contributed by atoms with Gasteiger partial charge in [-0.1, -0.05) is 0 Å². The Morgan fingerprint density at radius 3 is 2.33 bits per heavy atom. The molecule has 0 spiro atoms. The molecular weight excluding hydrogens is 118 g/mol. The second-order valence-electron chi connectivity index (χ2n) is 2.64. The quantitative estimate of drug-likeness (QED) is 0.511. The van der Waals surface area contributed by atoms with Gasteiger partial charge in [-0.25, -0.2) is 0 Å². The zero-order chi connectivity index (χ0) is 6.85. The van der Waals surface area contributed by atoms with E-state index in [9.17, 15) is 5.11 Å². The second-order valence-corrected chi connectivity index (χ2v) is 2.64. The highest BCUT2D eigenvalue weighted by Crippen LogP contribution is 2.08. The van der Waals surface area contributed by atoms with Crippen molar-refractivity contribution in [1.29, 1.82) is 0 Å². The van der Waals surface area contributed by atoms with E-state index in [1.807, 2.05) is 19.0 Å². The van der Waals surface area contributed by atoms with Crippen LogP contribution >= 0.6 is 0 Å². The molecule has 54 valence electrons. The van der Waals surface area contributed by atoms with Crippen LogP contribution in [0.5, 0.6) is 0 Å². The maximum absolute atomic E-state index is 9.19. The van der Waals surface area contributed by atoms with Gasteiger partial charge in [0.05, 0.1) is 25.4 Å². The first-order valence-corrected chi connectivity index (χ1v) is 3.14. The summed E-state index contributed by atoms with van der Waals surface area (Å²) in [4.78, 5) is 1.98. The van der Waals surface area contributed by atoms with Crippen LogP contribution in [0.1, 0.15) is 0 Å². The maximum atomic E-state index is 9.19. The van der Waals surface area contributed by atoms with E-state index in [2.05, 4.69) is 0 Å². The molecule has 2 atom stereocenters. The van der Waals surface area contributed by atoms with E-state index < -0.39 is 0 Å². The van der Waals surface area contributed by atoms with Crippen LogP contribution in [0.15, 0.2) is 0 Å². The number of likely N-dealkylation sites (N-methyl/N-ethyl adjacent to an activating group) is 1. The molecule has 0 radical (unpaired) electrons. The molecule has 3 heteroatoms. The number of rotatable bonds is 1. The van der Waals surface area contributed by atoms with E-state index in [4.69, 9.17) is 4.74 Å². The molecule has 1 fully saturated rings. The van der Waals surface area contributed by atoms with E-state index >= 15 is 0 Å². The van der Waals surface area contributed by atoms with E-state index in [0.29, 0.717) is 13.2 Å². The molecule has 0 aliphatic carbocycles. The van der Waals surface area contributed by atoms with Gasteiger partial charge in [0.1, 0.15) is 0 Å². The van der Waals surface area contributed by atoms with Crippen LogP contribution in [0, 0.1) is 0 Å². The highest BCUT2D eigenvalue weighted by Gasteiger charge is 2.27. The fourth-order valence-corrected chi connectivity index (χ4v) is 1.02. The molecule has 9 heavy (non-hydrogen) atoms. The SMILES string of the molecule is CN(C)[C@H]1COC[C@@H]1O. The summed E-state index contributed by atoms with van der Waals surface area (Å²) < 4.78 is 5.04. The van der Waals surface area contributed by atoms with E-state index in [1.165, 1.54) is 0 Å². The molecule has 1 aliphatic heterocycles. The first-order valence-electron chi connectivity index (χ1n) is 3.14. The Morgan fingerprint density at radius 1 is 1.44 bits per heavy atom. The van der Waals surface area contributed by atoms with E-state index in [0.717, 1.165) is 0 Å². The summed E-state index contributed by atoms with van der Waals surface area (Å²) in [6.45, 7) is 1.15. The first-order chi connectivity index (χ1) is 4.22. The number of aliphatic hydroxyl groups is 1. The van der Waals surface area contributed by atoms with Crippen molar-refractivity contribution in [3.05, 3.63) is 0 Å². The van der Waals surface area contributed by atoms with Crippen molar-refractivity contribution in [2.45, 2.75) is 12.1 Å². The molecule has 1 aliphatic rings. The number of ether oxygens (including phenoxy) is 1. The standard InChI is InChI=1S/C6H13NO2/c1-7(2)5-3-9-4-6(5)8/h5-6,8H,3-4H2,1-2H3/t5-,6-/m0/s1. The zero-order valence-electron chi connectivity index (χ0n) is 5.87. The van der Waals surface area contributed by atoms with E-state index in [-0.39, 0.29) is 12.1 Å². The molecule has 1 saturated heterocycles. The third kappa shape index (κ3) is 1.41. The summed E-state index contributed by atoms with van der Waals surface area (Å²) in [6.07, 6.45) is -0.292. The Kier molecular flexibility index (Phi) is 2.05.